The third-order valence-corrected chi connectivity index (χ3v) is 4.61. The molecular weight excluding hydrogens is 304 g/mol. The summed E-state index contributed by atoms with van der Waals surface area (Å²) in [5, 5.41) is 8.93. The lowest BCUT2D eigenvalue weighted by molar-refractivity contribution is -0.130. The SMILES string of the molecule is O=C(O)c1ccc(CC2CCN(C(=O)CCn3cccc3)C2)cc1. The first-order valence-corrected chi connectivity index (χ1v) is 8.32. The molecule has 0 bridgehead atoms. The van der Waals surface area contributed by atoms with E-state index in [1.165, 1.54) is 0 Å². The molecule has 24 heavy (non-hydrogen) atoms. The number of benzene rings is 1. The second-order valence-corrected chi connectivity index (χ2v) is 6.37. The van der Waals surface area contributed by atoms with Crippen LogP contribution in [0.1, 0.15) is 28.8 Å². The molecule has 2 heterocycles. The number of aryl methyl sites for hydroxylation is 1. The number of amides is 1. The van der Waals surface area contributed by atoms with Crippen molar-refractivity contribution in [1.82, 2.24) is 9.47 Å². The van der Waals surface area contributed by atoms with Crippen LogP contribution in [0.4, 0.5) is 0 Å². The maximum Gasteiger partial charge on any atom is 0.335 e. The highest BCUT2D eigenvalue weighted by Gasteiger charge is 2.26. The van der Waals surface area contributed by atoms with Crippen molar-refractivity contribution in [2.24, 2.45) is 5.92 Å². The summed E-state index contributed by atoms with van der Waals surface area (Å²) >= 11 is 0. The fraction of sp³-hybridized carbons (Fsp3) is 0.368. The highest BCUT2D eigenvalue weighted by Crippen LogP contribution is 2.22. The van der Waals surface area contributed by atoms with Crippen molar-refractivity contribution >= 4 is 11.9 Å². The summed E-state index contributed by atoms with van der Waals surface area (Å²) in [4.78, 5) is 25.1. The Morgan fingerprint density at radius 3 is 2.50 bits per heavy atom. The van der Waals surface area contributed by atoms with Crippen LogP contribution in [0.3, 0.4) is 0 Å². The average Bonchev–Trinajstić information content (AvgIpc) is 3.25. The number of carboxylic acids is 1. The summed E-state index contributed by atoms with van der Waals surface area (Å²) in [6.07, 6.45) is 6.38. The van der Waals surface area contributed by atoms with Crippen molar-refractivity contribution in [3.63, 3.8) is 0 Å². The fourth-order valence-corrected chi connectivity index (χ4v) is 3.24. The van der Waals surface area contributed by atoms with Crippen molar-refractivity contribution in [1.29, 1.82) is 0 Å². The van der Waals surface area contributed by atoms with Gasteiger partial charge >= 0.3 is 5.97 Å². The summed E-state index contributed by atoms with van der Waals surface area (Å²) in [5.74, 6) is -0.231. The third-order valence-electron chi connectivity index (χ3n) is 4.61. The van der Waals surface area contributed by atoms with E-state index < -0.39 is 5.97 Å². The predicted molar refractivity (Wildman–Crippen MR) is 90.8 cm³/mol. The van der Waals surface area contributed by atoms with Gasteiger partial charge in [0.25, 0.3) is 0 Å². The highest BCUT2D eigenvalue weighted by molar-refractivity contribution is 5.87. The van der Waals surface area contributed by atoms with Crippen molar-refractivity contribution in [2.75, 3.05) is 13.1 Å². The van der Waals surface area contributed by atoms with Crippen molar-refractivity contribution in [3.05, 3.63) is 59.9 Å². The normalized spacial score (nSPS) is 17.2. The number of carbonyl (C=O) groups excluding carboxylic acids is 1. The standard InChI is InChI=1S/C19H22N2O3/c22-18(8-11-20-9-1-2-10-20)21-12-7-16(14-21)13-15-3-5-17(6-4-15)19(23)24/h1-6,9-10,16H,7-8,11-14H2,(H,23,24). The van der Waals surface area contributed by atoms with E-state index in [0.29, 0.717) is 17.9 Å². The molecule has 0 aliphatic carbocycles. The van der Waals surface area contributed by atoms with Gasteiger partial charge in [-0.15, -0.1) is 0 Å². The molecule has 5 nitrogen and oxygen atoms in total. The summed E-state index contributed by atoms with van der Waals surface area (Å²) < 4.78 is 2.02. The minimum absolute atomic E-state index is 0.215. The number of rotatable bonds is 6. The lowest BCUT2D eigenvalue weighted by atomic mass is 9.98. The molecule has 0 radical (unpaired) electrons. The van der Waals surface area contributed by atoms with Gasteiger partial charge in [0.1, 0.15) is 0 Å². The molecule has 0 saturated carbocycles. The van der Waals surface area contributed by atoms with Gasteiger partial charge < -0.3 is 14.6 Å². The molecule has 1 N–H and O–H groups in total. The van der Waals surface area contributed by atoms with Crippen LogP contribution < -0.4 is 0 Å². The number of aromatic carboxylic acids is 1. The van der Waals surface area contributed by atoms with Crippen LogP contribution in [0, 0.1) is 5.92 Å². The smallest absolute Gasteiger partial charge is 0.335 e. The van der Waals surface area contributed by atoms with Gasteiger partial charge in [0, 0.05) is 38.4 Å². The summed E-state index contributed by atoms with van der Waals surface area (Å²) in [7, 11) is 0. The predicted octanol–water partition coefficient (Wildman–Crippen LogP) is 2.67. The number of aromatic nitrogens is 1. The third kappa shape index (κ3) is 4.04. The van der Waals surface area contributed by atoms with Crippen LogP contribution in [-0.4, -0.2) is 39.5 Å². The van der Waals surface area contributed by atoms with E-state index in [1.54, 1.807) is 12.1 Å². The molecule has 0 spiro atoms. The lowest BCUT2D eigenvalue weighted by Crippen LogP contribution is -2.29. The van der Waals surface area contributed by atoms with Gasteiger partial charge in [0.05, 0.1) is 5.56 Å². The highest BCUT2D eigenvalue weighted by atomic mass is 16.4. The lowest BCUT2D eigenvalue weighted by Gasteiger charge is -2.17. The summed E-state index contributed by atoms with van der Waals surface area (Å²) in [5.41, 5.74) is 1.44. The van der Waals surface area contributed by atoms with E-state index in [9.17, 15) is 9.59 Å². The zero-order valence-electron chi connectivity index (χ0n) is 13.6. The molecule has 5 heteroatoms. The molecule has 1 saturated heterocycles. The summed E-state index contributed by atoms with van der Waals surface area (Å²) in [6.45, 7) is 2.34. The molecule has 1 atom stereocenters. The number of hydrogen-bond acceptors (Lipinski definition) is 2. The van der Waals surface area contributed by atoms with E-state index in [-0.39, 0.29) is 5.91 Å². The first-order chi connectivity index (χ1) is 11.6. The van der Waals surface area contributed by atoms with Crippen molar-refractivity contribution in [3.8, 4) is 0 Å². The van der Waals surface area contributed by atoms with Crippen LogP contribution in [-0.2, 0) is 17.8 Å². The number of carbonyl (C=O) groups is 2. The first kappa shape index (κ1) is 16.3. The molecule has 1 aromatic heterocycles. The zero-order chi connectivity index (χ0) is 16.9. The molecule has 1 aliphatic heterocycles. The van der Waals surface area contributed by atoms with Gasteiger partial charge in [-0.25, -0.2) is 4.79 Å². The van der Waals surface area contributed by atoms with E-state index in [4.69, 9.17) is 5.11 Å². The van der Waals surface area contributed by atoms with E-state index in [0.717, 1.165) is 38.0 Å². The monoisotopic (exact) mass is 326 g/mol. The van der Waals surface area contributed by atoms with Crippen LogP contribution in [0.5, 0.6) is 0 Å². The minimum atomic E-state index is -0.901. The van der Waals surface area contributed by atoms with Crippen LogP contribution in [0.25, 0.3) is 0 Å². The van der Waals surface area contributed by atoms with Crippen LogP contribution in [0.2, 0.25) is 0 Å². The molecule has 1 aliphatic rings. The Morgan fingerprint density at radius 1 is 1.12 bits per heavy atom. The molecule has 126 valence electrons. The molecule has 1 amide bonds. The Labute approximate surface area is 141 Å². The van der Waals surface area contributed by atoms with Gasteiger partial charge in [0.2, 0.25) is 5.91 Å². The fourth-order valence-electron chi connectivity index (χ4n) is 3.24. The maximum absolute atomic E-state index is 12.3. The van der Waals surface area contributed by atoms with E-state index in [2.05, 4.69) is 0 Å². The molecular formula is C19H22N2O3. The number of carboxylic acid groups (broad SMARTS) is 1. The van der Waals surface area contributed by atoms with Crippen LogP contribution in [0.15, 0.2) is 48.8 Å². The largest absolute Gasteiger partial charge is 0.478 e. The Balaban J connectivity index is 1.47. The second-order valence-electron chi connectivity index (χ2n) is 6.37. The van der Waals surface area contributed by atoms with Gasteiger partial charge in [-0.1, -0.05) is 12.1 Å². The minimum Gasteiger partial charge on any atom is -0.478 e. The van der Waals surface area contributed by atoms with Crippen molar-refractivity contribution in [2.45, 2.75) is 25.8 Å². The average molecular weight is 326 g/mol. The van der Waals surface area contributed by atoms with E-state index >= 15 is 0 Å². The van der Waals surface area contributed by atoms with Crippen molar-refractivity contribution < 1.29 is 14.7 Å². The number of likely N-dealkylation sites (tertiary alicyclic amines) is 1. The Kier molecular flexibility index (Phi) is 4.99. The van der Waals surface area contributed by atoms with Gasteiger partial charge in [-0.2, -0.15) is 0 Å². The Bertz CT molecular complexity index is 692. The quantitative estimate of drug-likeness (QED) is 0.888. The second kappa shape index (κ2) is 7.34. The van der Waals surface area contributed by atoms with Crippen LogP contribution >= 0.6 is 0 Å². The maximum atomic E-state index is 12.3. The Hall–Kier alpha value is -2.56. The summed E-state index contributed by atoms with van der Waals surface area (Å²) in [6, 6.07) is 11.0. The van der Waals surface area contributed by atoms with Gasteiger partial charge in [-0.3, -0.25) is 4.79 Å². The van der Waals surface area contributed by atoms with Gasteiger partial charge in [0.15, 0.2) is 0 Å². The Morgan fingerprint density at radius 2 is 1.83 bits per heavy atom. The van der Waals surface area contributed by atoms with E-state index in [1.807, 2.05) is 46.1 Å². The number of hydrogen-bond donors (Lipinski definition) is 1. The first-order valence-electron chi connectivity index (χ1n) is 8.32. The topological polar surface area (TPSA) is 62.5 Å². The van der Waals surface area contributed by atoms with Gasteiger partial charge in [-0.05, 0) is 48.6 Å². The molecule has 3 rings (SSSR count). The molecule has 1 unspecified atom stereocenters. The molecule has 2 aromatic rings. The molecule has 1 aromatic carbocycles. The zero-order valence-corrected chi connectivity index (χ0v) is 13.6. The number of nitrogens with zero attached hydrogens (tertiary/aromatic N) is 2. The molecule has 1 fully saturated rings.